The molecule has 2 N–H and O–H groups in total. The van der Waals surface area contributed by atoms with Crippen LogP contribution in [0.1, 0.15) is 13.8 Å². The molecular formula is C9H15NO4. The molecule has 0 saturated heterocycles. The van der Waals surface area contributed by atoms with E-state index in [-0.39, 0.29) is 6.61 Å². The van der Waals surface area contributed by atoms with E-state index >= 15 is 0 Å². The molecule has 0 aromatic rings. The van der Waals surface area contributed by atoms with Crippen LogP contribution in [0.2, 0.25) is 0 Å². The fourth-order valence-electron chi connectivity index (χ4n) is 0.920. The third-order valence-corrected chi connectivity index (χ3v) is 1.52. The first-order valence-electron chi connectivity index (χ1n) is 4.34. The summed E-state index contributed by atoms with van der Waals surface area (Å²) < 4.78 is 4.67. The van der Waals surface area contributed by atoms with E-state index in [1.165, 1.54) is 6.08 Å². The molecule has 0 aliphatic carbocycles. The molecule has 1 amide bonds. The lowest BCUT2D eigenvalue weighted by Crippen LogP contribution is -2.45. The molecule has 5 nitrogen and oxygen atoms in total. The van der Waals surface area contributed by atoms with E-state index in [1.54, 1.807) is 19.9 Å². The fourth-order valence-corrected chi connectivity index (χ4v) is 0.920. The van der Waals surface area contributed by atoms with E-state index in [0.717, 1.165) is 0 Å². The van der Waals surface area contributed by atoms with Gasteiger partial charge in [0.2, 0.25) is 6.41 Å². The first kappa shape index (κ1) is 12.6. The van der Waals surface area contributed by atoms with Gasteiger partial charge in [-0.25, -0.2) is 4.79 Å². The number of carbonyl (C=O) groups excluding carboxylic acids is 2. The van der Waals surface area contributed by atoms with Crippen LogP contribution in [0.15, 0.2) is 12.2 Å². The molecule has 0 fully saturated rings. The van der Waals surface area contributed by atoms with Gasteiger partial charge in [0.25, 0.3) is 0 Å². The lowest BCUT2D eigenvalue weighted by atomic mass is 10.1. The Hall–Kier alpha value is -1.36. The Balaban J connectivity index is 4.40. The van der Waals surface area contributed by atoms with Crippen LogP contribution in [0, 0.1) is 0 Å². The monoisotopic (exact) mass is 201 g/mol. The van der Waals surface area contributed by atoms with Crippen molar-refractivity contribution in [3.05, 3.63) is 12.2 Å². The normalized spacial score (nSPS) is 14.8. The molecule has 0 bridgehead atoms. The number of amides is 1. The predicted octanol–water partition coefficient (Wildman–Crippen LogP) is -0.399. The number of ether oxygens (including phenoxy) is 1. The number of aliphatic hydroxyl groups excluding tert-OH is 1. The standard InChI is InChI=1S/C9H15NO4/c1-3-5-7(12)8(10-6-11)9(13)14-4-2/h3,5-8,12H,4H2,1-2H3,(H,10,11)/b5-3+. The molecular weight excluding hydrogens is 186 g/mol. The van der Waals surface area contributed by atoms with Crippen LogP contribution >= 0.6 is 0 Å². The number of allylic oxidation sites excluding steroid dienone is 1. The molecule has 0 radical (unpaired) electrons. The summed E-state index contributed by atoms with van der Waals surface area (Å²) in [5.41, 5.74) is 0. The molecule has 0 aromatic heterocycles. The molecule has 0 rings (SSSR count). The lowest BCUT2D eigenvalue weighted by Gasteiger charge is -2.17. The largest absolute Gasteiger partial charge is 0.464 e. The number of carbonyl (C=O) groups is 2. The molecule has 0 spiro atoms. The molecule has 5 heteroatoms. The summed E-state index contributed by atoms with van der Waals surface area (Å²) in [6.45, 7) is 3.56. The minimum atomic E-state index is -1.07. The second kappa shape index (κ2) is 7.08. The highest BCUT2D eigenvalue weighted by atomic mass is 16.5. The van der Waals surface area contributed by atoms with Gasteiger partial charge < -0.3 is 15.2 Å². The van der Waals surface area contributed by atoms with Crippen LogP contribution in [-0.4, -0.2) is 36.2 Å². The highest BCUT2D eigenvalue weighted by molar-refractivity contribution is 5.79. The smallest absolute Gasteiger partial charge is 0.331 e. The second-order valence-corrected chi connectivity index (χ2v) is 2.53. The Labute approximate surface area is 82.7 Å². The summed E-state index contributed by atoms with van der Waals surface area (Å²) in [5, 5.41) is 11.6. The fraction of sp³-hybridized carbons (Fsp3) is 0.556. The Morgan fingerprint density at radius 2 is 2.29 bits per heavy atom. The van der Waals surface area contributed by atoms with Crippen molar-refractivity contribution in [2.45, 2.75) is 26.0 Å². The highest BCUT2D eigenvalue weighted by Gasteiger charge is 2.25. The minimum absolute atomic E-state index is 0.207. The van der Waals surface area contributed by atoms with Gasteiger partial charge in [-0.3, -0.25) is 4.79 Å². The van der Waals surface area contributed by atoms with Gasteiger partial charge in [-0.1, -0.05) is 12.2 Å². The van der Waals surface area contributed by atoms with Gasteiger partial charge in [-0.05, 0) is 13.8 Å². The summed E-state index contributed by atoms with van der Waals surface area (Å²) >= 11 is 0. The SMILES string of the molecule is C/C=C/C(O)C(NC=O)C(=O)OCC. The molecule has 2 atom stereocenters. The zero-order valence-corrected chi connectivity index (χ0v) is 8.27. The van der Waals surface area contributed by atoms with Gasteiger partial charge in [0.15, 0.2) is 6.04 Å². The van der Waals surface area contributed by atoms with Gasteiger partial charge >= 0.3 is 5.97 Å². The molecule has 0 aliphatic heterocycles. The van der Waals surface area contributed by atoms with E-state index in [2.05, 4.69) is 10.1 Å². The maximum Gasteiger partial charge on any atom is 0.331 e. The molecule has 14 heavy (non-hydrogen) atoms. The van der Waals surface area contributed by atoms with Crippen LogP contribution in [0.25, 0.3) is 0 Å². The second-order valence-electron chi connectivity index (χ2n) is 2.53. The molecule has 0 heterocycles. The number of hydrogen-bond donors (Lipinski definition) is 2. The highest BCUT2D eigenvalue weighted by Crippen LogP contribution is 1.98. The van der Waals surface area contributed by atoms with Crippen LogP contribution in [0.3, 0.4) is 0 Å². The number of rotatable bonds is 6. The van der Waals surface area contributed by atoms with Crippen LogP contribution in [0.4, 0.5) is 0 Å². The van der Waals surface area contributed by atoms with Gasteiger partial charge in [0, 0.05) is 0 Å². The quantitative estimate of drug-likeness (QED) is 0.348. The third kappa shape index (κ3) is 4.04. The van der Waals surface area contributed by atoms with E-state index in [1.807, 2.05) is 0 Å². The topological polar surface area (TPSA) is 75.6 Å². The predicted molar refractivity (Wildman–Crippen MR) is 50.4 cm³/mol. The van der Waals surface area contributed by atoms with Crippen molar-refractivity contribution in [3.63, 3.8) is 0 Å². The zero-order chi connectivity index (χ0) is 11.0. The van der Waals surface area contributed by atoms with Gasteiger partial charge in [-0.2, -0.15) is 0 Å². The summed E-state index contributed by atoms with van der Waals surface area (Å²) in [4.78, 5) is 21.4. The Morgan fingerprint density at radius 1 is 1.64 bits per heavy atom. The Morgan fingerprint density at radius 3 is 2.71 bits per heavy atom. The van der Waals surface area contributed by atoms with Crippen LogP contribution < -0.4 is 5.32 Å². The molecule has 80 valence electrons. The third-order valence-electron chi connectivity index (χ3n) is 1.52. The molecule has 0 aliphatic rings. The average molecular weight is 201 g/mol. The van der Waals surface area contributed by atoms with Crippen LogP contribution in [0.5, 0.6) is 0 Å². The molecule has 0 aromatic carbocycles. The van der Waals surface area contributed by atoms with Crippen molar-refractivity contribution in [2.75, 3.05) is 6.61 Å². The number of nitrogens with one attached hydrogen (secondary N) is 1. The molecule has 0 saturated carbocycles. The van der Waals surface area contributed by atoms with E-state index in [0.29, 0.717) is 6.41 Å². The number of esters is 1. The average Bonchev–Trinajstić information content (AvgIpc) is 2.14. The number of aliphatic hydroxyl groups is 1. The summed E-state index contributed by atoms with van der Waals surface area (Å²) in [6.07, 6.45) is 2.28. The van der Waals surface area contributed by atoms with Gasteiger partial charge in [-0.15, -0.1) is 0 Å². The van der Waals surface area contributed by atoms with E-state index in [4.69, 9.17) is 0 Å². The van der Waals surface area contributed by atoms with Gasteiger partial charge in [0.05, 0.1) is 6.61 Å². The summed E-state index contributed by atoms with van der Waals surface area (Å²) in [7, 11) is 0. The van der Waals surface area contributed by atoms with Crippen molar-refractivity contribution in [3.8, 4) is 0 Å². The lowest BCUT2D eigenvalue weighted by molar-refractivity contribution is -0.148. The maximum atomic E-state index is 11.2. The van der Waals surface area contributed by atoms with E-state index < -0.39 is 18.1 Å². The van der Waals surface area contributed by atoms with Gasteiger partial charge in [0.1, 0.15) is 6.10 Å². The first-order chi connectivity index (χ1) is 6.67. The van der Waals surface area contributed by atoms with Crippen molar-refractivity contribution in [2.24, 2.45) is 0 Å². The summed E-state index contributed by atoms with van der Waals surface area (Å²) in [5.74, 6) is -0.648. The first-order valence-corrected chi connectivity index (χ1v) is 4.34. The Bertz CT molecular complexity index is 215. The van der Waals surface area contributed by atoms with Crippen molar-refractivity contribution >= 4 is 12.4 Å². The van der Waals surface area contributed by atoms with Crippen molar-refractivity contribution < 1.29 is 19.4 Å². The zero-order valence-electron chi connectivity index (χ0n) is 8.27. The Kier molecular flexibility index (Phi) is 6.39. The van der Waals surface area contributed by atoms with Crippen molar-refractivity contribution in [1.29, 1.82) is 0 Å². The van der Waals surface area contributed by atoms with Crippen LogP contribution in [-0.2, 0) is 14.3 Å². The number of hydrogen-bond acceptors (Lipinski definition) is 4. The van der Waals surface area contributed by atoms with Crippen molar-refractivity contribution in [1.82, 2.24) is 5.32 Å². The van der Waals surface area contributed by atoms with E-state index in [9.17, 15) is 14.7 Å². The molecule has 2 unspecified atom stereocenters. The summed E-state index contributed by atoms with van der Waals surface area (Å²) in [6, 6.07) is -1.04. The maximum absolute atomic E-state index is 11.2. The minimum Gasteiger partial charge on any atom is -0.464 e.